The molecule has 1 aromatic rings. The second-order valence-corrected chi connectivity index (χ2v) is 4.82. The minimum atomic E-state index is -0.355. The first-order chi connectivity index (χ1) is 9.51. The maximum atomic E-state index is 5.28. The molecule has 5 nitrogen and oxygen atoms in total. The average molecular weight is 298 g/mol. The largest absolute Gasteiger partial charge is 0.497 e. The summed E-state index contributed by atoms with van der Waals surface area (Å²) in [5, 5.41) is 6.79. The highest BCUT2D eigenvalue weighted by Crippen LogP contribution is 2.20. The standard InChI is InChI=1S/C14H22N2O3S/c1-9-8-11(17-3)6-7-12(9)16-14(20)15-10(2)13(18-4)19-5/h6-8,10,13H,1-5H3,(H2,15,16,20). The van der Waals surface area contributed by atoms with Crippen LogP contribution in [0.2, 0.25) is 0 Å². The predicted octanol–water partition coefficient (Wildman–Crippen LogP) is 2.30. The van der Waals surface area contributed by atoms with Crippen LogP contribution in [-0.4, -0.2) is 38.8 Å². The highest BCUT2D eigenvalue weighted by molar-refractivity contribution is 7.80. The second-order valence-electron chi connectivity index (χ2n) is 4.41. The first-order valence-corrected chi connectivity index (χ1v) is 6.70. The molecule has 112 valence electrons. The van der Waals surface area contributed by atoms with Gasteiger partial charge in [0.05, 0.1) is 13.2 Å². The van der Waals surface area contributed by atoms with Crippen LogP contribution in [0.3, 0.4) is 0 Å². The number of thiocarbonyl (C=S) groups is 1. The maximum Gasteiger partial charge on any atom is 0.176 e. The number of hydrogen-bond acceptors (Lipinski definition) is 4. The molecular formula is C14H22N2O3S. The molecule has 0 radical (unpaired) electrons. The van der Waals surface area contributed by atoms with Crippen LogP contribution in [0.1, 0.15) is 12.5 Å². The maximum absolute atomic E-state index is 5.28. The number of rotatable bonds is 6. The van der Waals surface area contributed by atoms with E-state index in [9.17, 15) is 0 Å². The molecule has 0 saturated heterocycles. The summed E-state index contributed by atoms with van der Waals surface area (Å²) in [6, 6.07) is 5.69. The van der Waals surface area contributed by atoms with Crippen LogP contribution in [0.4, 0.5) is 5.69 Å². The topological polar surface area (TPSA) is 51.8 Å². The van der Waals surface area contributed by atoms with E-state index in [4.69, 9.17) is 26.4 Å². The lowest BCUT2D eigenvalue weighted by molar-refractivity contribution is -0.116. The van der Waals surface area contributed by atoms with Gasteiger partial charge in [-0.05, 0) is 49.8 Å². The lowest BCUT2D eigenvalue weighted by Crippen LogP contribution is -2.44. The number of ether oxygens (including phenoxy) is 3. The van der Waals surface area contributed by atoms with Crippen LogP contribution in [0.15, 0.2) is 18.2 Å². The normalized spacial score (nSPS) is 12.1. The summed E-state index contributed by atoms with van der Waals surface area (Å²) < 4.78 is 15.5. The minimum Gasteiger partial charge on any atom is -0.497 e. The van der Waals surface area contributed by atoms with Crippen LogP contribution in [-0.2, 0) is 9.47 Å². The lowest BCUT2D eigenvalue weighted by Gasteiger charge is -2.24. The predicted molar refractivity (Wildman–Crippen MR) is 84.4 cm³/mol. The molecule has 0 saturated carbocycles. The van der Waals surface area contributed by atoms with Crippen molar-refractivity contribution in [3.05, 3.63) is 23.8 Å². The van der Waals surface area contributed by atoms with E-state index in [-0.39, 0.29) is 12.3 Å². The average Bonchev–Trinajstić information content (AvgIpc) is 2.42. The van der Waals surface area contributed by atoms with Gasteiger partial charge in [0.25, 0.3) is 0 Å². The summed E-state index contributed by atoms with van der Waals surface area (Å²) in [4.78, 5) is 0. The molecule has 0 heterocycles. The van der Waals surface area contributed by atoms with Crippen molar-refractivity contribution in [2.24, 2.45) is 0 Å². The van der Waals surface area contributed by atoms with Crippen LogP contribution < -0.4 is 15.4 Å². The zero-order valence-electron chi connectivity index (χ0n) is 12.5. The van der Waals surface area contributed by atoms with Crippen molar-refractivity contribution in [1.29, 1.82) is 0 Å². The van der Waals surface area contributed by atoms with Gasteiger partial charge in [0, 0.05) is 19.9 Å². The number of benzene rings is 1. The van der Waals surface area contributed by atoms with Crippen molar-refractivity contribution in [3.8, 4) is 5.75 Å². The van der Waals surface area contributed by atoms with Crippen molar-refractivity contribution in [1.82, 2.24) is 5.32 Å². The third kappa shape index (κ3) is 4.63. The van der Waals surface area contributed by atoms with Crippen LogP contribution in [0, 0.1) is 6.92 Å². The molecule has 0 bridgehead atoms. The Labute approximate surface area is 125 Å². The molecule has 0 spiro atoms. The molecule has 2 N–H and O–H groups in total. The van der Waals surface area contributed by atoms with Crippen molar-refractivity contribution >= 4 is 23.0 Å². The molecule has 20 heavy (non-hydrogen) atoms. The molecule has 0 aromatic heterocycles. The summed E-state index contributed by atoms with van der Waals surface area (Å²) in [5.74, 6) is 0.819. The lowest BCUT2D eigenvalue weighted by atomic mass is 10.2. The van der Waals surface area contributed by atoms with Crippen LogP contribution in [0.25, 0.3) is 0 Å². The fourth-order valence-electron chi connectivity index (χ4n) is 1.84. The highest BCUT2D eigenvalue weighted by atomic mass is 32.1. The number of anilines is 1. The van der Waals surface area contributed by atoms with Gasteiger partial charge in [0.15, 0.2) is 11.4 Å². The molecule has 0 fully saturated rings. The first-order valence-electron chi connectivity index (χ1n) is 6.29. The van der Waals surface area contributed by atoms with Gasteiger partial charge in [-0.25, -0.2) is 0 Å². The van der Waals surface area contributed by atoms with Crippen molar-refractivity contribution in [3.63, 3.8) is 0 Å². The van der Waals surface area contributed by atoms with Gasteiger partial charge in [-0.2, -0.15) is 0 Å². The monoisotopic (exact) mass is 298 g/mol. The van der Waals surface area contributed by atoms with Crippen molar-refractivity contribution in [2.75, 3.05) is 26.6 Å². The molecule has 0 aliphatic carbocycles. The minimum absolute atomic E-state index is 0.0662. The second kappa shape index (κ2) is 8.04. The van der Waals surface area contributed by atoms with E-state index in [1.165, 1.54) is 0 Å². The number of methoxy groups -OCH3 is 3. The van der Waals surface area contributed by atoms with E-state index in [1.54, 1.807) is 21.3 Å². The van der Waals surface area contributed by atoms with Gasteiger partial charge in [0.2, 0.25) is 0 Å². The summed E-state index contributed by atoms with van der Waals surface area (Å²) >= 11 is 5.28. The Kier molecular flexibility index (Phi) is 6.70. The summed E-state index contributed by atoms with van der Waals surface area (Å²) in [6.45, 7) is 3.93. The van der Waals surface area contributed by atoms with E-state index >= 15 is 0 Å². The van der Waals surface area contributed by atoms with Gasteiger partial charge in [0.1, 0.15) is 5.75 Å². The highest BCUT2D eigenvalue weighted by Gasteiger charge is 2.16. The molecule has 1 aromatic carbocycles. The number of aryl methyl sites for hydroxylation is 1. The Balaban J connectivity index is 2.62. The summed E-state index contributed by atoms with van der Waals surface area (Å²) in [7, 11) is 4.83. The third-order valence-electron chi connectivity index (χ3n) is 2.91. The van der Waals surface area contributed by atoms with E-state index < -0.39 is 0 Å². The first kappa shape index (κ1) is 16.7. The molecular weight excluding hydrogens is 276 g/mol. The van der Waals surface area contributed by atoms with Crippen LogP contribution >= 0.6 is 12.2 Å². The Morgan fingerprint density at radius 1 is 1.20 bits per heavy atom. The summed E-state index contributed by atoms with van der Waals surface area (Å²) in [5.41, 5.74) is 1.98. The Hall–Kier alpha value is -1.37. The molecule has 1 atom stereocenters. The zero-order chi connectivity index (χ0) is 15.1. The van der Waals surface area contributed by atoms with E-state index in [0.29, 0.717) is 5.11 Å². The van der Waals surface area contributed by atoms with E-state index in [1.807, 2.05) is 32.0 Å². The number of nitrogens with one attached hydrogen (secondary N) is 2. The third-order valence-corrected chi connectivity index (χ3v) is 3.13. The van der Waals surface area contributed by atoms with Gasteiger partial charge >= 0.3 is 0 Å². The van der Waals surface area contributed by atoms with Gasteiger partial charge in [-0.3, -0.25) is 0 Å². The SMILES string of the molecule is COc1ccc(NC(=S)NC(C)C(OC)OC)c(C)c1. The van der Waals surface area contributed by atoms with Gasteiger partial charge < -0.3 is 24.8 Å². The Morgan fingerprint density at radius 2 is 1.85 bits per heavy atom. The van der Waals surface area contributed by atoms with E-state index in [2.05, 4.69) is 10.6 Å². The number of hydrogen-bond donors (Lipinski definition) is 2. The molecule has 0 aliphatic rings. The quantitative estimate of drug-likeness (QED) is 0.621. The Morgan fingerprint density at radius 3 is 2.35 bits per heavy atom. The zero-order valence-corrected chi connectivity index (χ0v) is 13.3. The fourth-order valence-corrected chi connectivity index (χ4v) is 2.14. The van der Waals surface area contributed by atoms with Crippen LogP contribution in [0.5, 0.6) is 5.75 Å². The smallest absolute Gasteiger partial charge is 0.176 e. The van der Waals surface area contributed by atoms with Gasteiger partial charge in [-0.1, -0.05) is 0 Å². The van der Waals surface area contributed by atoms with E-state index in [0.717, 1.165) is 17.0 Å². The Bertz CT molecular complexity index is 450. The fraction of sp³-hybridized carbons (Fsp3) is 0.500. The van der Waals surface area contributed by atoms with Crippen molar-refractivity contribution < 1.29 is 14.2 Å². The molecule has 6 heteroatoms. The summed E-state index contributed by atoms with van der Waals surface area (Å²) in [6.07, 6.45) is -0.355. The molecule has 0 aliphatic heterocycles. The van der Waals surface area contributed by atoms with Gasteiger partial charge in [-0.15, -0.1) is 0 Å². The van der Waals surface area contributed by atoms with Crippen molar-refractivity contribution in [2.45, 2.75) is 26.2 Å². The molecule has 0 amide bonds. The molecule has 1 rings (SSSR count). The molecule has 1 unspecified atom stereocenters.